The van der Waals surface area contributed by atoms with Crippen LogP contribution in [0.4, 0.5) is 0 Å². The van der Waals surface area contributed by atoms with E-state index in [1.165, 1.54) is 37.1 Å². The molecule has 2 unspecified atom stereocenters. The molecule has 5 fully saturated rings. The van der Waals surface area contributed by atoms with Gasteiger partial charge in [-0.1, -0.05) is 75.0 Å². The molecule has 3 heteroatoms. The van der Waals surface area contributed by atoms with E-state index in [2.05, 4.69) is 62.1 Å². The van der Waals surface area contributed by atoms with Gasteiger partial charge in [0, 0.05) is 24.5 Å². The van der Waals surface area contributed by atoms with E-state index in [0.717, 1.165) is 25.9 Å². The molecule has 1 aromatic carbocycles. The molecule has 0 spiro atoms. The van der Waals surface area contributed by atoms with Gasteiger partial charge in [0.05, 0.1) is 4.99 Å². The summed E-state index contributed by atoms with van der Waals surface area (Å²) in [4.78, 5) is 3.83. The Labute approximate surface area is 188 Å². The molecule has 2 nitrogen and oxygen atoms in total. The Bertz CT molecular complexity index is 837. The maximum Gasteiger partial charge on any atom is 0.0842 e. The largest absolute Gasteiger partial charge is 0.365 e. The average Bonchev–Trinajstić information content (AvgIpc) is 2.72. The van der Waals surface area contributed by atoms with E-state index in [1.54, 1.807) is 11.1 Å². The predicted octanol–water partition coefficient (Wildman–Crippen LogP) is 5.86. The van der Waals surface area contributed by atoms with Gasteiger partial charge in [-0.3, -0.25) is 0 Å². The van der Waals surface area contributed by atoms with Crippen LogP contribution in [0.3, 0.4) is 0 Å². The first kappa shape index (κ1) is 20.7. The monoisotopic (exact) mass is 422 g/mol. The Balaban J connectivity index is 1.51. The number of hydrogen-bond acceptors (Lipinski definition) is 2. The molecule has 0 amide bonds. The highest BCUT2D eigenvalue weighted by Gasteiger charge is 2.62. The predicted molar refractivity (Wildman–Crippen MR) is 130 cm³/mol. The van der Waals surface area contributed by atoms with Crippen LogP contribution in [0, 0.1) is 22.7 Å². The van der Waals surface area contributed by atoms with E-state index in [0.29, 0.717) is 17.3 Å². The molecule has 1 saturated heterocycles. The molecule has 0 radical (unpaired) electrons. The topological polar surface area (TPSA) is 29.3 Å². The van der Waals surface area contributed by atoms with Crippen molar-refractivity contribution in [2.45, 2.75) is 77.2 Å². The third-order valence-electron chi connectivity index (χ3n) is 9.05. The summed E-state index contributed by atoms with van der Waals surface area (Å²) in [6.07, 6.45) is 11.2. The highest BCUT2D eigenvalue weighted by molar-refractivity contribution is 7.80. The number of allylic oxidation sites excluding steroid dienone is 2. The number of benzene rings is 1. The Morgan fingerprint density at radius 3 is 2.40 bits per heavy atom. The SMILES string of the molecule is CCC=C1C2CC3(C(=S)N4CC[C@H](N)C(C)(C)C4)CC1CC(c1ccccc1)(C2)C3. The van der Waals surface area contributed by atoms with Gasteiger partial charge in [-0.25, -0.2) is 0 Å². The van der Waals surface area contributed by atoms with Gasteiger partial charge in [-0.15, -0.1) is 0 Å². The van der Waals surface area contributed by atoms with Gasteiger partial charge in [0.25, 0.3) is 0 Å². The molecule has 2 N–H and O–H groups in total. The Hall–Kier alpha value is -1.19. The number of rotatable bonds is 3. The summed E-state index contributed by atoms with van der Waals surface area (Å²) in [7, 11) is 0. The number of thiocarbonyl (C=S) groups is 1. The minimum atomic E-state index is 0.134. The Kier molecular flexibility index (Phi) is 4.95. The summed E-state index contributed by atoms with van der Waals surface area (Å²) >= 11 is 6.38. The molecule has 1 aliphatic heterocycles. The lowest BCUT2D eigenvalue weighted by atomic mass is 9.41. The molecule has 30 heavy (non-hydrogen) atoms. The van der Waals surface area contributed by atoms with Crippen molar-refractivity contribution in [1.29, 1.82) is 0 Å². The molecule has 4 bridgehead atoms. The molecular formula is C27H38N2S. The van der Waals surface area contributed by atoms with E-state index < -0.39 is 0 Å². The van der Waals surface area contributed by atoms with Crippen molar-refractivity contribution in [3.05, 3.63) is 47.5 Å². The average molecular weight is 423 g/mol. The third-order valence-corrected chi connectivity index (χ3v) is 9.74. The quantitative estimate of drug-likeness (QED) is 0.489. The summed E-state index contributed by atoms with van der Waals surface area (Å²) in [5.41, 5.74) is 10.4. The van der Waals surface area contributed by atoms with Gasteiger partial charge in [-0.2, -0.15) is 0 Å². The van der Waals surface area contributed by atoms with E-state index >= 15 is 0 Å². The van der Waals surface area contributed by atoms with Crippen LogP contribution in [0.1, 0.15) is 71.3 Å². The fourth-order valence-corrected chi connectivity index (χ4v) is 8.16. The van der Waals surface area contributed by atoms with Crippen LogP contribution in [0.25, 0.3) is 0 Å². The summed E-state index contributed by atoms with van der Waals surface area (Å²) in [6.45, 7) is 8.99. The second-order valence-corrected chi connectivity index (χ2v) is 11.9. The normalized spacial score (nSPS) is 39.3. The Morgan fingerprint density at radius 1 is 1.13 bits per heavy atom. The minimum Gasteiger partial charge on any atom is -0.365 e. The summed E-state index contributed by atoms with van der Waals surface area (Å²) in [6, 6.07) is 11.7. The van der Waals surface area contributed by atoms with Crippen LogP contribution in [0.5, 0.6) is 0 Å². The molecule has 4 aliphatic carbocycles. The van der Waals surface area contributed by atoms with Crippen molar-refractivity contribution in [3.8, 4) is 0 Å². The Morgan fingerprint density at radius 2 is 1.80 bits per heavy atom. The highest BCUT2D eigenvalue weighted by atomic mass is 32.1. The van der Waals surface area contributed by atoms with Gasteiger partial charge in [-0.05, 0) is 73.2 Å². The zero-order valence-electron chi connectivity index (χ0n) is 19.0. The van der Waals surface area contributed by atoms with Crippen molar-refractivity contribution in [1.82, 2.24) is 4.90 Å². The van der Waals surface area contributed by atoms with E-state index in [4.69, 9.17) is 18.0 Å². The van der Waals surface area contributed by atoms with Crippen molar-refractivity contribution in [3.63, 3.8) is 0 Å². The van der Waals surface area contributed by atoms with Gasteiger partial charge < -0.3 is 10.6 Å². The first-order chi connectivity index (χ1) is 14.3. The third kappa shape index (κ3) is 3.11. The van der Waals surface area contributed by atoms with Gasteiger partial charge in [0.2, 0.25) is 0 Å². The van der Waals surface area contributed by atoms with Crippen LogP contribution in [-0.4, -0.2) is 29.0 Å². The first-order valence-electron chi connectivity index (χ1n) is 12.1. The zero-order chi connectivity index (χ0) is 21.1. The van der Waals surface area contributed by atoms with Crippen molar-refractivity contribution in [2.75, 3.05) is 13.1 Å². The maximum absolute atomic E-state index is 6.45. The standard InChI is InChI=1S/C27H38N2S/c1-4-8-22-19-13-26(21-9-6-5-7-10-21)14-20(22)16-27(15-19,17-26)24(30)29-12-11-23(28)25(2,3)18-29/h5-10,19-20,23H,4,11-18,28H2,1-3H3/t19?,20?,23-,26?,27?/m0/s1. The molecule has 1 aromatic rings. The molecule has 4 saturated carbocycles. The lowest BCUT2D eigenvalue weighted by molar-refractivity contribution is -0.00201. The van der Waals surface area contributed by atoms with Crippen molar-refractivity contribution in [2.24, 2.45) is 28.4 Å². The summed E-state index contributed by atoms with van der Waals surface area (Å²) < 4.78 is 0. The second-order valence-electron chi connectivity index (χ2n) is 11.5. The fraction of sp³-hybridized carbons (Fsp3) is 0.667. The lowest BCUT2D eigenvalue weighted by Gasteiger charge is -2.64. The van der Waals surface area contributed by atoms with Crippen molar-refractivity contribution < 1.29 is 0 Å². The number of piperidine rings is 1. The summed E-state index contributed by atoms with van der Waals surface area (Å²) in [5.74, 6) is 1.42. The molecular weight excluding hydrogens is 384 g/mol. The molecule has 0 aromatic heterocycles. The molecule has 5 aliphatic rings. The second kappa shape index (κ2) is 7.17. The maximum atomic E-state index is 6.45. The molecule has 3 atom stereocenters. The number of nitrogens with two attached hydrogens (primary N) is 1. The van der Waals surface area contributed by atoms with Crippen LogP contribution >= 0.6 is 12.2 Å². The van der Waals surface area contributed by atoms with Gasteiger partial charge in [0.15, 0.2) is 0 Å². The van der Waals surface area contributed by atoms with E-state index in [9.17, 15) is 0 Å². The van der Waals surface area contributed by atoms with Crippen LogP contribution in [0.15, 0.2) is 42.0 Å². The summed E-state index contributed by atoms with van der Waals surface area (Å²) in [5, 5.41) is 0. The molecule has 6 rings (SSSR count). The zero-order valence-corrected chi connectivity index (χ0v) is 19.8. The minimum absolute atomic E-state index is 0.134. The number of hydrogen-bond donors (Lipinski definition) is 1. The van der Waals surface area contributed by atoms with Gasteiger partial charge in [0.1, 0.15) is 0 Å². The highest BCUT2D eigenvalue weighted by Crippen LogP contribution is 2.68. The number of likely N-dealkylation sites (tertiary alicyclic amines) is 1. The lowest BCUT2D eigenvalue weighted by Crippen LogP contribution is -2.62. The van der Waals surface area contributed by atoms with Crippen LogP contribution in [0.2, 0.25) is 0 Å². The van der Waals surface area contributed by atoms with E-state index in [1.807, 2.05) is 0 Å². The molecule has 1 heterocycles. The van der Waals surface area contributed by atoms with Crippen LogP contribution < -0.4 is 5.73 Å². The fourth-order valence-electron chi connectivity index (χ4n) is 7.77. The first-order valence-corrected chi connectivity index (χ1v) is 12.5. The smallest absolute Gasteiger partial charge is 0.0842 e. The van der Waals surface area contributed by atoms with Crippen molar-refractivity contribution >= 4 is 17.2 Å². The van der Waals surface area contributed by atoms with Crippen LogP contribution in [-0.2, 0) is 5.41 Å². The van der Waals surface area contributed by atoms with E-state index in [-0.39, 0.29) is 16.9 Å². The van der Waals surface area contributed by atoms with Gasteiger partial charge >= 0.3 is 0 Å². The molecule has 162 valence electrons. The number of nitrogens with zero attached hydrogens (tertiary/aromatic N) is 1.